The predicted octanol–water partition coefficient (Wildman–Crippen LogP) is 2.68. The predicted molar refractivity (Wildman–Crippen MR) is 85.2 cm³/mol. The Labute approximate surface area is 132 Å². The Morgan fingerprint density at radius 2 is 2.00 bits per heavy atom. The van der Waals surface area contributed by atoms with E-state index >= 15 is 0 Å². The summed E-state index contributed by atoms with van der Waals surface area (Å²) in [5.41, 5.74) is -1.37. The number of carbonyl (C=O) groups excluding carboxylic acids is 1. The van der Waals surface area contributed by atoms with Crippen LogP contribution in [0.15, 0.2) is 29.9 Å². The monoisotopic (exact) mass is 321 g/mol. The van der Waals surface area contributed by atoms with Crippen LogP contribution in [0.2, 0.25) is 0 Å². The normalized spacial score (nSPS) is 12.2. The van der Waals surface area contributed by atoms with E-state index in [1.807, 2.05) is 31.4 Å². The van der Waals surface area contributed by atoms with Gasteiger partial charge in [-0.25, -0.2) is 4.79 Å². The van der Waals surface area contributed by atoms with E-state index in [4.69, 9.17) is 0 Å². The van der Waals surface area contributed by atoms with Gasteiger partial charge in [0.05, 0.1) is 17.3 Å². The van der Waals surface area contributed by atoms with E-state index < -0.39 is 16.9 Å². The smallest absolute Gasteiger partial charge is 0.331 e. The molecule has 0 saturated heterocycles. The van der Waals surface area contributed by atoms with Crippen LogP contribution < -0.4 is 5.32 Å². The second kappa shape index (κ2) is 5.57. The van der Waals surface area contributed by atoms with E-state index in [2.05, 4.69) is 10.4 Å². The van der Waals surface area contributed by atoms with E-state index in [1.165, 1.54) is 28.4 Å². The molecule has 7 heteroatoms. The van der Waals surface area contributed by atoms with E-state index in [-0.39, 0.29) is 5.91 Å². The van der Waals surface area contributed by atoms with Crippen molar-refractivity contribution in [2.75, 3.05) is 5.32 Å². The summed E-state index contributed by atoms with van der Waals surface area (Å²) < 4.78 is 1.32. The minimum absolute atomic E-state index is 0.164. The lowest BCUT2D eigenvalue weighted by Gasteiger charge is -2.22. The molecule has 0 saturated carbocycles. The maximum Gasteiger partial charge on any atom is 0.331 e. The number of carboxylic acid groups (broad SMARTS) is 1. The van der Waals surface area contributed by atoms with Crippen LogP contribution in [0.4, 0.5) is 5.69 Å². The zero-order chi connectivity index (χ0) is 16.5. The lowest BCUT2D eigenvalue weighted by atomic mass is 9.90. The number of rotatable bonds is 5. The van der Waals surface area contributed by atoms with Crippen LogP contribution in [0.1, 0.15) is 32.6 Å². The van der Waals surface area contributed by atoms with Crippen molar-refractivity contribution < 1.29 is 14.7 Å². The first-order chi connectivity index (χ1) is 10.2. The van der Waals surface area contributed by atoms with Crippen LogP contribution >= 0.6 is 11.3 Å². The van der Waals surface area contributed by atoms with Gasteiger partial charge < -0.3 is 10.4 Å². The second-order valence-corrected chi connectivity index (χ2v) is 7.04. The number of hydrogen-bond acceptors (Lipinski definition) is 4. The van der Waals surface area contributed by atoms with Crippen molar-refractivity contribution >= 4 is 28.9 Å². The summed E-state index contributed by atoms with van der Waals surface area (Å²) in [5.74, 6) is -1.16. The Balaban J connectivity index is 2.17. The first-order valence-electron chi connectivity index (χ1n) is 6.79. The van der Waals surface area contributed by atoms with Gasteiger partial charge in [-0.3, -0.25) is 9.48 Å². The SMILES string of the molecule is CC(C)(C(=O)Nc1cnn(C(C)(C)C(=O)O)c1)c1cccs1. The van der Waals surface area contributed by atoms with E-state index in [0.717, 1.165) is 4.88 Å². The summed E-state index contributed by atoms with van der Waals surface area (Å²) in [6.07, 6.45) is 2.98. The molecule has 0 aliphatic rings. The van der Waals surface area contributed by atoms with Gasteiger partial charge in [0.1, 0.15) is 0 Å². The van der Waals surface area contributed by atoms with Crippen LogP contribution in [-0.2, 0) is 20.5 Å². The molecule has 0 aromatic carbocycles. The summed E-state index contributed by atoms with van der Waals surface area (Å²) in [6.45, 7) is 6.78. The zero-order valence-corrected chi connectivity index (χ0v) is 13.8. The number of amides is 1. The molecule has 118 valence electrons. The van der Waals surface area contributed by atoms with Gasteiger partial charge in [-0.1, -0.05) is 6.07 Å². The van der Waals surface area contributed by atoms with Gasteiger partial charge in [0.25, 0.3) is 0 Å². The fourth-order valence-electron chi connectivity index (χ4n) is 1.82. The summed E-state index contributed by atoms with van der Waals surface area (Å²) in [6, 6.07) is 3.82. The number of thiophene rings is 1. The minimum Gasteiger partial charge on any atom is -0.479 e. The van der Waals surface area contributed by atoms with Crippen molar-refractivity contribution in [2.24, 2.45) is 0 Å². The standard InChI is InChI=1S/C15H19N3O3S/c1-14(2,11-6-5-7-22-11)12(19)17-10-8-16-18(9-10)15(3,4)13(20)21/h5-9H,1-4H3,(H,17,19)(H,20,21). The highest BCUT2D eigenvalue weighted by Crippen LogP contribution is 2.29. The van der Waals surface area contributed by atoms with Crippen molar-refractivity contribution in [3.05, 3.63) is 34.8 Å². The van der Waals surface area contributed by atoms with Crippen LogP contribution in [0.25, 0.3) is 0 Å². The van der Waals surface area contributed by atoms with Gasteiger partial charge in [0.2, 0.25) is 5.91 Å². The van der Waals surface area contributed by atoms with Gasteiger partial charge in [-0.05, 0) is 39.1 Å². The Morgan fingerprint density at radius 3 is 2.55 bits per heavy atom. The van der Waals surface area contributed by atoms with E-state index in [1.54, 1.807) is 13.8 Å². The Hall–Kier alpha value is -2.15. The molecule has 0 radical (unpaired) electrons. The maximum atomic E-state index is 12.5. The molecular formula is C15H19N3O3S. The highest BCUT2D eigenvalue weighted by atomic mass is 32.1. The molecule has 0 unspecified atom stereocenters. The molecule has 0 atom stereocenters. The van der Waals surface area contributed by atoms with Crippen LogP contribution in [-0.4, -0.2) is 26.8 Å². The quantitative estimate of drug-likeness (QED) is 0.887. The molecular weight excluding hydrogens is 302 g/mol. The number of carboxylic acids is 1. The number of carbonyl (C=O) groups is 2. The molecule has 2 rings (SSSR count). The van der Waals surface area contributed by atoms with Crippen LogP contribution in [0.3, 0.4) is 0 Å². The molecule has 2 aromatic rings. The lowest BCUT2D eigenvalue weighted by molar-refractivity contribution is -0.146. The first-order valence-corrected chi connectivity index (χ1v) is 7.67. The third-order valence-electron chi connectivity index (χ3n) is 3.64. The average Bonchev–Trinajstić information content (AvgIpc) is 3.09. The van der Waals surface area contributed by atoms with Crippen molar-refractivity contribution in [2.45, 2.75) is 38.6 Å². The molecule has 0 fully saturated rings. The van der Waals surface area contributed by atoms with Gasteiger partial charge in [-0.2, -0.15) is 5.10 Å². The topological polar surface area (TPSA) is 84.2 Å². The molecule has 22 heavy (non-hydrogen) atoms. The highest BCUT2D eigenvalue weighted by Gasteiger charge is 2.33. The van der Waals surface area contributed by atoms with E-state index in [0.29, 0.717) is 5.69 Å². The summed E-state index contributed by atoms with van der Waals surface area (Å²) in [4.78, 5) is 24.6. The number of nitrogens with zero attached hydrogens (tertiary/aromatic N) is 2. The number of aliphatic carboxylic acids is 1. The van der Waals surface area contributed by atoms with Gasteiger partial charge >= 0.3 is 5.97 Å². The Morgan fingerprint density at radius 1 is 1.32 bits per heavy atom. The molecule has 1 amide bonds. The fraction of sp³-hybridized carbons (Fsp3) is 0.400. The van der Waals surface area contributed by atoms with Crippen molar-refractivity contribution in [3.8, 4) is 0 Å². The lowest BCUT2D eigenvalue weighted by Crippen LogP contribution is -2.36. The molecule has 0 bridgehead atoms. The molecule has 6 nitrogen and oxygen atoms in total. The van der Waals surface area contributed by atoms with Crippen molar-refractivity contribution in [1.29, 1.82) is 0 Å². The van der Waals surface area contributed by atoms with E-state index in [9.17, 15) is 14.7 Å². The average molecular weight is 321 g/mol. The minimum atomic E-state index is -1.17. The van der Waals surface area contributed by atoms with Crippen molar-refractivity contribution in [3.63, 3.8) is 0 Å². The largest absolute Gasteiger partial charge is 0.479 e. The zero-order valence-electron chi connectivity index (χ0n) is 13.0. The number of hydrogen-bond donors (Lipinski definition) is 2. The van der Waals surface area contributed by atoms with Gasteiger partial charge in [-0.15, -0.1) is 11.3 Å². The summed E-state index contributed by atoms with van der Waals surface area (Å²) in [5, 5.41) is 17.9. The number of nitrogens with one attached hydrogen (secondary N) is 1. The molecule has 0 spiro atoms. The van der Waals surface area contributed by atoms with Gasteiger partial charge in [0, 0.05) is 11.1 Å². The molecule has 0 aliphatic heterocycles. The molecule has 2 aromatic heterocycles. The van der Waals surface area contributed by atoms with Crippen molar-refractivity contribution in [1.82, 2.24) is 9.78 Å². The summed E-state index contributed by atoms with van der Waals surface area (Å²) >= 11 is 1.52. The van der Waals surface area contributed by atoms with Crippen LogP contribution in [0, 0.1) is 0 Å². The van der Waals surface area contributed by atoms with Crippen LogP contribution in [0.5, 0.6) is 0 Å². The third kappa shape index (κ3) is 2.89. The molecule has 2 N–H and O–H groups in total. The Kier molecular flexibility index (Phi) is 4.10. The highest BCUT2D eigenvalue weighted by molar-refractivity contribution is 7.10. The second-order valence-electron chi connectivity index (χ2n) is 6.09. The summed E-state index contributed by atoms with van der Waals surface area (Å²) in [7, 11) is 0. The maximum absolute atomic E-state index is 12.5. The molecule has 2 heterocycles. The Bertz CT molecular complexity index is 687. The third-order valence-corrected chi connectivity index (χ3v) is 4.83. The number of aromatic nitrogens is 2. The van der Waals surface area contributed by atoms with Gasteiger partial charge in [0.15, 0.2) is 5.54 Å². The molecule has 0 aliphatic carbocycles. The fourth-order valence-corrected chi connectivity index (χ4v) is 2.67. The first kappa shape index (κ1) is 16.2. The number of anilines is 1.